The van der Waals surface area contributed by atoms with Crippen LogP contribution in [0.5, 0.6) is 11.5 Å². The lowest BCUT2D eigenvalue weighted by atomic mass is 10.2. The number of nitrogens with zero attached hydrogens (tertiary/aromatic N) is 2. The van der Waals surface area contributed by atoms with E-state index in [2.05, 4.69) is 4.98 Å². The Morgan fingerprint density at radius 2 is 1.75 bits per heavy atom. The van der Waals surface area contributed by atoms with Crippen LogP contribution < -0.4 is 15.0 Å². The van der Waals surface area contributed by atoms with Crippen molar-refractivity contribution < 1.29 is 9.47 Å². The molecule has 5 nitrogen and oxygen atoms in total. The number of rotatable bonds is 6. The number of fused-ring (bicyclic) bond motifs is 1. The number of aromatic nitrogens is 2. The van der Waals surface area contributed by atoms with E-state index in [1.165, 1.54) is 0 Å². The highest BCUT2D eigenvalue weighted by molar-refractivity contribution is 5.76. The second kappa shape index (κ2) is 7.17. The molecule has 1 heterocycles. The highest BCUT2D eigenvalue weighted by Crippen LogP contribution is 2.27. The number of para-hydroxylation sites is 3. The molecule has 1 aromatic heterocycles. The summed E-state index contributed by atoms with van der Waals surface area (Å²) in [6, 6.07) is 14.9. The predicted molar refractivity (Wildman–Crippen MR) is 93.7 cm³/mol. The molecule has 0 N–H and O–H groups in total. The average Bonchev–Trinajstić information content (AvgIpc) is 2.58. The zero-order valence-electron chi connectivity index (χ0n) is 13.8. The van der Waals surface area contributed by atoms with Gasteiger partial charge in [-0.1, -0.05) is 24.3 Å². The molecule has 0 radical (unpaired) electrons. The lowest BCUT2D eigenvalue weighted by Crippen LogP contribution is -2.23. The van der Waals surface area contributed by atoms with Crippen LogP contribution >= 0.6 is 0 Å². The molecule has 0 atom stereocenters. The summed E-state index contributed by atoms with van der Waals surface area (Å²) >= 11 is 0. The molecule has 0 aliphatic heterocycles. The third-order valence-electron chi connectivity index (χ3n) is 3.53. The molecule has 0 saturated carbocycles. The smallest absolute Gasteiger partial charge is 0.261 e. The van der Waals surface area contributed by atoms with Gasteiger partial charge in [-0.3, -0.25) is 9.36 Å². The summed E-state index contributed by atoms with van der Waals surface area (Å²) in [4.78, 5) is 16.7. The predicted octanol–water partition coefficient (Wildman–Crippen LogP) is 3.26. The molecule has 124 valence electrons. The van der Waals surface area contributed by atoms with Gasteiger partial charge in [-0.05, 0) is 38.1 Å². The average molecular weight is 324 g/mol. The van der Waals surface area contributed by atoms with Gasteiger partial charge >= 0.3 is 0 Å². The van der Waals surface area contributed by atoms with Crippen molar-refractivity contribution in [2.24, 2.45) is 0 Å². The van der Waals surface area contributed by atoms with Gasteiger partial charge in [0.05, 0.1) is 29.9 Å². The van der Waals surface area contributed by atoms with Gasteiger partial charge in [0.1, 0.15) is 6.61 Å². The van der Waals surface area contributed by atoms with Crippen molar-refractivity contribution in [3.05, 3.63) is 65.2 Å². The Morgan fingerprint density at radius 1 is 1.04 bits per heavy atom. The van der Waals surface area contributed by atoms with Crippen molar-refractivity contribution in [2.45, 2.75) is 26.5 Å². The summed E-state index contributed by atoms with van der Waals surface area (Å²) in [5.74, 6) is 1.38. The lowest BCUT2D eigenvalue weighted by molar-refractivity contribution is 0.218. The third-order valence-corrected chi connectivity index (χ3v) is 3.53. The minimum Gasteiger partial charge on any atom is -0.488 e. The van der Waals surface area contributed by atoms with E-state index < -0.39 is 0 Å². The normalized spacial score (nSPS) is 11.0. The van der Waals surface area contributed by atoms with Crippen molar-refractivity contribution in [3.63, 3.8) is 0 Å². The van der Waals surface area contributed by atoms with E-state index in [1.54, 1.807) is 17.0 Å². The van der Waals surface area contributed by atoms with Gasteiger partial charge in [0.15, 0.2) is 11.5 Å². The second-order valence-electron chi connectivity index (χ2n) is 5.72. The van der Waals surface area contributed by atoms with E-state index in [0.29, 0.717) is 35.6 Å². The standard InChI is InChI=1S/C19H20N2O3/c1-14(2)24-18-10-6-5-9-17(18)23-12-11-21-13-20-16-8-4-3-7-15(16)19(21)22/h3-10,13-14H,11-12H2,1-2H3. The van der Waals surface area contributed by atoms with Crippen LogP contribution in [0, 0.1) is 0 Å². The number of benzene rings is 2. The molecular formula is C19H20N2O3. The molecule has 0 spiro atoms. The van der Waals surface area contributed by atoms with Crippen LogP contribution in [0.4, 0.5) is 0 Å². The summed E-state index contributed by atoms with van der Waals surface area (Å²) < 4.78 is 13.1. The summed E-state index contributed by atoms with van der Waals surface area (Å²) in [5, 5.41) is 0.614. The van der Waals surface area contributed by atoms with Gasteiger partial charge in [-0.2, -0.15) is 0 Å². The molecule has 0 unspecified atom stereocenters. The van der Waals surface area contributed by atoms with Crippen molar-refractivity contribution in [1.82, 2.24) is 9.55 Å². The Bertz CT molecular complexity index is 887. The Labute approximate surface area is 140 Å². The summed E-state index contributed by atoms with van der Waals surface area (Å²) in [5.41, 5.74) is 0.645. The maximum atomic E-state index is 12.4. The van der Waals surface area contributed by atoms with Crippen molar-refractivity contribution in [1.29, 1.82) is 0 Å². The van der Waals surface area contributed by atoms with E-state index in [4.69, 9.17) is 9.47 Å². The van der Waals surface area contributed by atoms with E-state index >= 15 is 0 Å². The van der Waals surface area contributed by atoms with Crippen molar-refractivity contribution in [2.75, 3.05) is 6.61 Å². The highest BCUT2D eigenvalue weighted by atomic mass is 16.5. The molecule has 0 bridgehead atoms. The van der Waals surface area contributed by atoms with E-state index in [0.717, 1.165) is 0 Å². The van der Waals surface area contributed by atoms with E-state index in [-0.39, 0.29) is 11.7 Å². The minimum absolute atomic E-state index is 0.0593. The molecule has 3 aromatic rings. The Morgan fingerprint density at radius 3 is 2.54 bits per heavy atom. The van der Waals surface area contributed by atoms with Crippen LogP contribution in [0.3, 0.4) is 0 Å². The Kier molecular flexibility index (Phi) is 4.79. The molecule has 0 aliphatic carbocycles. The summed E-state index contributed by atoms with van der Waals surface area (Å²) in [6.07, 6.45) is 1.63. The van der Waals surface area contributed by atoms with Crippen molar-refractivity contribution >= 4 is 10.9 Å². The Balaban J connectivity index is 1.71. The quantitative estimate of drug-likeness (QED) is 0.698. The summed E-state index contributed by atoms with van der Waals surface area (Å²) in [6.45, 7) is 4.72. The highest BCUT2D eigenvalue weighted by Gasteiger charge is 2.07. The van der Waals surface area contributed by atoms with Crippen LogP contribution in [0.1, 0.15) is 13.8 Å². The maximum Gasteiger partial charge on any atom is 0.261 e. The van der Waals surface area contributed by atoms with Gasteiger partial charge in [-0.15, -0.1) is 0 Å². The number of ether oxygens (including phenoxy) is 2. The number of hydrogen-bond acceptors (Lipinski definition) is 4. The van der Waals surface area contributed by atoms with E-state index in [9.17, 15) is 4.79 Å². The van der Waals surface area contributed by atoms with Crippen LogP contribution in [-0.4, -0.2) is 22.3 Å². The molecule has 2 aromatic carbocycles. The third kappa shape index (κ3) is 3.56. The summed E-state index contributed by atoms with van der Waals surface area (Å²) in [7, 11) is 0. The SMILES string of the molecule is CC(C)Oc1ccccc1OCCn1cnc2ccccc2c1=O. The van der Waals surface area contributed by atoms with Gasteiger partial charge < -0.3 is 9.47 Å². The maximum absolute atomic E-state index is 12.4. The van der Waals surface area contributed by atoms with Crippen molar-refractivity contribution in [3.8, 4) is 11.5 Å². The first-order valence-corrected chi connectivity index (χ1v) is 7.98. The van der Waals surface area contributed by atoms with Gasteiger partial charge in [0.25, 0.3) is 5.56 Å². The monoisotopic (exact) mass is 324 g/mol. The van der Waals surface area contributed by atoms with Gasteiger partial charge in [-0.25, -0.2) is 4.98 Å². The lowest BCUT2D eigenvalue weighted by Gasteiger charge is -2.15. The molecule has 0 amide bonds. The molecule has 5 heteroatoms. The van der Waals surface area contributed by atoms with Crippen LogP contribution in [0.15, 0.2) is 59.7 Å². The molecule has 3 rings (SSSR count). The fraction of sp³-hybridized carbons (Fsp3) is 0.263. The largest absolute Gasteiger partial charge is 0.488 e. The van der Waals surface area contributed by atoms with E-state index in [1.807, 2.05) is 56.3 Å². The number of hydrogen-bond donors (Lipinski definition) is 0. The fourth-order valence-electron chi connectivity index (χ4n) is 2.44. The topological polar surface area (TPSA) is 53.4 Å². The fourth-order valence-corrected chi connectivity index (χ4v) is 2.44. The van der Waals surface area contributed by atoms with Gasteiger partial charge in [0.2, 0.25) is 0 Å². The van der Waals surface area contributed by atoms with Crippen LogP contribution in [0.2, 0.25) is 0 Å². The first kappa shape index (κ1) is 16.1. The first-order chi connectivity index (χ1) is 11.6. The van der Waals surface area contributed by atoms with Gasteiger partial charge in [0, 0.05) is 0 Å². The molecule has 0 fully saturated rings. The minimum atomic E-state index is -0.0593. The first-order valence-electron chi connectivity index (χ1n) is 7.98. The zero-order chi connectivity index (χ0) is 16.9. The second-order valence-corrected chi connectivity index (χ2v) is 5.72. The van der Waals surface area contributed by atoms with Crippen LogP contribution in [-0.2, 0) is 6.54 Å². The molecule has 0 aliphatic rings. The Hall–Kier alpha value is -2.82. The molecule has 0 saturated heterocycles. The molecular weight excluding hydrogens is 304 g/mol. The molecule has 24 heavy (non-hydrogen) atoms. The zero-order valence-corrected chi connectivity index (χ0v) is 13.8. The van der Waals surface area contributed by atoms with Crippen LogP contribution in [0.25, 0.3) is 10.9 Å².